The van der Waals surface area contributed by atoms with E-state index in [-0.39, 0.29) is 44.3 Å². The maximum absolute atomic E-state index is 13.1. The maximum atomic E-state index is 13.1. The van der Waals surface area contributed by atoms with Gasteiger partial charge in [-0.25, -0.2) is 8.42 Å². The molecule has 1 aromatic rings. The van der Waals surface area contributed by atoms with Gasteiger partial charge < -0.3 is 10.2 Å². The first-order valence-corrected chi connectivity index (χ1v) is 11.4. The fourth-order valence-electron chi connectivity index (χ4n) is 7.04. The lowest BCUT2D eigenvalue weighted by atomic mass is 9.43. The standard InChI is InChI=1S/C21H30O4S/c1-19(2)7-5-8-20(3)16(19)6-9-21(4)17(20)12-26(24,25)15-11-13(22)10-14(23)18(15)21/h10-11,16-17,22-23H,5-9,12H2,1-4H3. The lowest BCUT2D eigenvalue weighted by molar-refractivity contribution is -0.0984. The fraction of sp³-hybridized carbons (Fsp3) is 0.714. The minimum absolute atomic E-state index is 0.0127. The van der Waals surface area contributed by atoms with E-state index in [0.717, 1.165) is 25.7 Å². The molecule has 1 aromatic carbocycles. The predicted molar refractivity (Wildman–Crippen MR) is 101 cm³/mol. The van der Waals surface area contributed by atoms with Crippen LogP contribution in [-0.2, 0) is 15.3 Å². The highest BCUT2D eigenvalue weighted by atomic mass is 32.2. The molecule has 4 nitrogen and oxygen atoms in total. The first-order chi connectivity index (χ1) is 11.9. The number of rotatable bonds is 0. The zero-order valence-electron chi connectivity index (χ0n) is 16.2. The Morgan fingerprint density at radius 1 is 1.00 bits per heavy atom. The van der Waals surface area contributed by atoms with Crippen LogP contribution in [0.4, 0.5) is 0 Å². The second-order valence-corrected chi connectivity index (χ2v) is 12.0. The molecule has 5 heteroatoms. The van der Waals surface area contributed by atoms with Crippen molar-refractivity contribution in [3.63, 3.8) is 0 Å². The molecule has 2 N–H and O–H groups in total. The Morgan fingerprint density at radius 3 is 2.38 bits per heavy atom. The Labute approximate surface area is 156 Å². The van der Waals surface area contributed by atoms with Gasteiger partial charge in [0, 0.05) is 17.0 Å². The van der Waals surface area contributed by atoms with Crippen LogP contribution in [0, 0.1) is 22.7 Å². The molecule has 2 aliphatic carbocycles. The first kappa shape index (κ1) is 18.1. The zero-order chi connectivity index (χ0) is 19.1. The summed E-state index contributed by atoms with van der Waals surface area (Å²) in [5.74, 6) is 0.334. The van der Waals surface area contributed by atoms with E-state index in [0.29, 0.717) is 11.5 Å². The number of sulfone groups is 1. The normalized spacial score (nSPS) is 40.2. The van der Waals surface area contributed by atoms with Crippen molar-refractivity contribution in [2.24, 2.45) is 22.7 Å². The van der Waals surface area contributed by atoms with Gasteiger partial charge in [0.05, 0.1) is 10.6 Å². The number of aromatic hydroxyl groups is 2. The minimum Gasteiger partial charge on any atom is -0.508 e. The van der Waals surface area contributed by atoms with Gasteiger partial charge in [-0.3, -0.25) is 0 Å². The van der Waals surface area contributed by atoms with Gasteiger partial charge in [-0.15, -0.1) is 0 Å². The van der Waals surface area contributed by atoms with Gasteiger partial charge in [-0.2, -0.15) is 0 Å². The lowest BCUT2D eigenvalue weighted by Crippen LogP contribution is -2.59. The summed E-state index contributed by atoms with van der Waals surface area (Å²) in [5.41, 5.74) is 0.325. The van der Waals surface area contributed by atoms with E-state index in [2.05, 4.69) is 27.7 Å². The molecule has 1 heterocycles. The second-order valence-electron chi connectivity index (χ2n) is 10.0. The highest BCUT2D eigenvalue weighted by Gasteiger charge is 2.62. The van der Waals surface area contributed by atoms with Crippen molar-refractivity contribution in [1.82, 2.24) is 0 Å². The molecule has 0 saturated heterocycles. The Kier molecular flexibility index (Phi) is 3.62. The van der Waals surface area contributed by atoms with E-state index < -0.39 is 9.84 Å². The molecular weight excluding hydrogens is 348 g/mol. The number of benzene rings is 1. The third-order valence-electron chi connectivity index (χ3n) is 8.15. The molecular formula is C21H30O4S. The molecule has 26 heavy (non-hydrogen) atoms. The van der Waals surface area contributed by atoms with Crippen molar-refractivity contribution < 1.29 is 18.6 Å². The van der Waals surface area contributed by atoms with Crippen LogP contribution >= 0.6 is 0 Å². The number of phenolic OH excluding ortho intramolecular Hbond substituents is 2. The Bertz CT molecular complexity index is 872. The maximum Gasteiger partial charge on any atom is 0.179 e. The molecule has 3 aliphatic rings. The van der Waals surface area contributed by atoms with E-state index in [1.54, 1.807) is 0 Å². The van der Waals surface area contributed by atoms with Crippen LogP contribution in [0.5, 0.6) is 11.5 Å². The summed E-state index contributed by atoms with van der Waals surface area (Å²) in [4.78, 5) is 0.130. The molecule has 4 atom stereocenters. The SMILES string of the molecule is CC1(C)CCCC2(C)C1CCC1(C)c3c(O)cc(O)cc3S(=O)(=O)CC12. The summed E-state index contributed by atoms with van der Waals surface area (Å²) in [7, 11) is -3.54. The Balaban J connectivity index is 1.95. The minimum atomic E-state index is -3.54. The average Bonchev–Trinajstić information content (AvgIpc) is 2.48. The van der Waals surface area contributed by atoms with Crippen LogP contribution < -0.4 is 0 Å². The summed E-state index contributed by atoms with van der Waals surface area (Å²) in [5, 5.41) is 20.5. The van der Waals surface area contributed by atoms with Crippen molar-refractivity contribution >= 4 is 9.84 Å². The van der Waals surface area contributed by atoms with Gasteiger partial charge >= 0.3 is 0 Å². The zero-order valence-corrected chi connectivity index (χ0v) is 17.0. The molecule has 0 radical (unpaired) electrons. The predicted octanol–water partition coefficient (Wildman–Crippen LogP) is 4.39. The van der Waals surface area contributed by atoms with Gasteiger partial charge in [0.1, 0.15) is 11.5 Å². The molecule has 0 spiro atoms. The van der Waals surface area contributed by atoms with Gasteiger partial charge in [0.25, 0.3) is 0 Å². The second kappa shape index (κ2) is 5.18. The summed E-state index contributed by atoms with van der Waals surface area (Å²) in [6.07, 6.45) is 5.30. The van der Waals surface area contributed by atoms with Crippen molar-refractivity contribution in [3.05, 3.63) is 17.7 Å². The van der Waals surface area contributed by atoms with E-state index >= 15 is 0 Å². The van der Waals surface area contributed by atoms with E-state index in [4.69, 9.17) is 0 Å². The number of fused-ring (bicyclic) bond motifs is 5. The molecule has 4 rings (SSSR count). The highest BCUT2D eigenvalue weighted by molar-refractivity contribution is 7.91. The van der Waals surface area contributed by atoms with Crippen molar-refractivity contribution in [3.8, 4) is 11.5 Å². The fourth-order valence-corrected chi connectivity index (χ4v) is 9.35. The van der Waals surface area contributed by atoms with E-state index in [1.165, 1.54) is 18.6 Å². The average molecular weight is 379 g/mol. The summed E-state index contributed by atoms with van der Waals surface area (Å²) < 4.78 is 26.3. The third kappa shape index (κ3) is 2.22. The van der Waals surface area contributed by atoms with Crippen molar-refractivity contribution in [2.75, 3.05) is 5.75 Å². The Morgan fingerprint density at radius 2 is 1.69 bits per heavy atom. The monoisotopic (exact) mass is 378 g/mol. The molecule has 2 fully saturated rings. The topological polar surface area (TPSA) is 74.6 Å². The van der Waals surface area contributed by atoms with Crippen LogP contribution in [0.15, 0.2) is 17.0 Å². The van der Waals surface area contributed by atoms with Crippen LogP contribution in [0.2, 0.25) is 0 Å². The number of phenols is 2. The summed E-state index contributed by atoms with van der Waals surface area (Å²) >= 11 is 0. The van der Waals surface area contributed by atoms with Crippen molar-refractivity contribution in [1.29, 1.82) is 0 Å². The van der Waals surface area contributed by atoms with Crippen LogP contribution in [0.1, 0.15) is 65.4 Å². The molecule has 0 amide bonds. The quantitative estimate of drug-likeness (QED) is 0.702. The largest absolute Gasteiger partial charge is 0.508 e. The number of hydrogen-bond donors (Lipinski definition) is 2. The van der Waals surface area contributed by atoms with Crippen LogP contribution in [-0.4, -0.2) is 24.4 Å². The number of hydrogen-bond acceptors (Lipinski definition) is 4. The molecule has 0 bridgehead atoms. The summed E-state index contributed by atoms with van der Waals surface area (Å²) in [6.45, 7) is 9.08. The first-order valence-electron chi connectivity index (χ1n) is 9.71. The summed E-state index contributed by atoms with van der Waals surface area (Å²) in [6, 6.07) is 2.62. The van der Waals surface area contributed by atoms with Crippen molar-refractivity contribution in [2.45, 2.75) is 70.1 Å². The van der Waals surface area contributed by atoms with E-state index in [9.17, 15) is 18.6 Å². The molecule has 4 unspecified atom stereocenters. The Hall–Kier alpha value is -1.23. The highest BCUT2D eigenvalue weighted by Crippen LogP contribution is 2.67. The van der Waals surface area contributed by atoms with Gasteiger partial charge in [0.15, 0.2) is 9.84 Å². The van der Waals surface area contributed by atoms with Gasteiger partial charge in [-0.1, -0.05) is 34.1 Å². The van der Waals surface area contributed by atoms with Crippen LogP contribution in [0.3, 0.4) is 0 Å². The van der Waals surface area contributed by atoms with E-state index in [1.807, 2.05) is 0 Å². The molecule has 144 valence electrons. The van der Waals surface area contributed by atoms with Crippen LogP contribution in [0.25, 0.3) is 0 Å². The van der Waals surface area contributed by atoms with Gasteiger partial charge in [0.2, 0.25) is 0 Å². The molecule has 2 saturated carbocycles. The molecule has 0 aromatic heterocycles. The lowest BCUT2D eigenvalue weighted by Gasteiger charge is -2.63. The smallest absolute Gasteiger partial charge is 0.179 e. The van der Waals surface area contributed by atoms with Gasteiger partial charge in [-0.05, 0) is 54.4 Å². The molecule has 1 aliphatic heterocycles. The third-order valence-corrected chi connectivity index (χ3v) is 9.92.